The minimum atomic E-state index is -0.614. The minimum Gasteiger partial charge on any atom is -0.454 e. The van der Waals surface area contributed by atoms with Crippen molar-refractivity contribution in [3.8, 4) is 11.3 Å². The van der Waals surface area contributed by atoms with Gasteiger partial charge in [0.2, 0.25) is 11.8 Å². The highest BCUT2D eigenvalue weighted by atomic mass is 16.5. The molecule has 1 aromatic heterocycles. The number of imide groups is 1. The third-order valence-corrected chi connectivity index (χ3v) is 8.50. The molecule has 2 amide bonds. The summed E-state index contributed by atoms with van der Waals surface area (Å²) in [5.41, 5.74) is 5.20. The molecular weight excluding hydrogens is 528 g/mol. The molecule has 1 aliphatic carbocycles. The van der Waals surface area contributed by atoms with Crippen molar-refractivity contribution in [2.24, 2.45) is 17.8 Å². The van der Waals surface area contributed by atoms with Crippen LogP contribution < -0.4 is 4.90 Å². The van der Waals surface area contributed by atoms with Gasteiger partial charge < -0.3 is 4.74 Å². The zero-order valence-electron chi connectivity index (χ0n) is 23.9. The molecule has 42 heavy (non-hydrogen) atoms. The second kappa shape index (κ2) is 11.0. The number of amides is 2. The zero-order chi connectivity index (χ0) is 29.5. The fourth-order valence-corrected chi connectivity index (χ4v) is 6.11. The van der Waals surface area contributed by atoms with Crippen LogP contribution in [-0.2, 0) is 14.3 Å². The van der Waals surface area contributed by atoms with Crippen molar-refractivity contribution >= 4 is 40.2 Å². The third-order valence-electron chi connectivity index (χ3n) is 8.50. The molecule has 3 aromatic carbocycles. The van der Waals surface area contributed by atoms with Crippen LogP contribution in [-0.4, -0.2) is 35.2 Å². The number of hydrogen-bond donors (Lipinski definition) is 0. The van der Waals surface area contributed by atoms with Gasteiger partial charge in [0.25, 0.3) is 0 Å². The summed E-state index contributed by atoms with van der Waals surface area (Å²) in [6.07, 6.45) is 2.46. The quantitative estimate of drug-likeness (QED) is 0.152. The van der Waals surface area contributed by atoms with Crippen LogP contribution in [0.1, 0.15) is 58.0 Å². The van der Waals surface area contributed by atoms with Gasteiger partial charge in [-0.1, -0.05) is 60.5 Å². The van der Waals surface area contributed by atoms with Crippen molar-refractivity contribution in [3.05, 3.63) is 95.1 Å². The number of benzene rings is 3. The Morgan fingerprint density at radius 1 is 0.857 bits per heavy atom. The number of nitrogens with zero attached hydrogens (tertiary/aromatic N) is 2. The van der Waals surface area contributed by atoms with Gasteiger partial charge in [0.15, 0.2) is 12.4 Å². The summed E-state index contributed by atoms with van der Waals surface area (Å²) in [5.74, 6) is -1.16. The van der Waals surface area contributed by atoms with Crippen LogP contribution >= 0.6 is 0 Å². The molecule has 4 aromatic rings. The van der Waals surface area contributed by atoms with E-state index in [9.17, 15) is 19.2 Å². The number of ketones is 1. The Labute approximate surface area is 244 Å². The maximum Gasteiger partial charge on any atom is 0.339 e. The molecule has 1 saturated heterocycles. The van der Waals surface area contributed by atoms with Gasteiger partial charge in [0.05, 0.1) is 34.3 Å². The average molecular weight is 561 g/mol. The molecule has 2 fully saturated rings. The predicted molar refractivity (Wildman–Crippen MR) is 160 cm³/mol. The number of ether oxygens (including phenoxy) is 1. The number of hydrogen-bond acceptors (Lipinski definition) is 6. The molecule has 7 nitrogen and oxygen atoms in total. The minimum absolute atomic E-state index is 0.117. The fraction of sp³-hybridized carbons (Fsp3) is 0.286. The summed E-state index contributed by atoms with van der Waals surface area (Å²) >= 11 is 0. The van der Waals surface area contributed by atoms with E-state index in [-0.39, 0.29) is 36.0 Å². The molecule has 2 heterocycles. The molecule has 212 valence electrons. The van der Waals surface area contributed by atoms with Crippen LogP contribution in [0.3, 0.4) is 0 Å². The summed E-state index contributed by atoms with van der Waals surface area (Å²) in [7, 11) is 0. The SMILES string of the molecule is Cc1ccc(C(=O)COC(=O)c2cc(-c3ccc(N4C(=O)[C@H]5CC[C@@H](C)C[C@@H]5C4=O)cc3)nc3ccc(C)cc23)cc1. The van der Waals surface area contributed by atoms with Crippen molar-refractivity contribution < 1.29 is 23.9 Å². The van der Waals surface area contributed by atoms with Crippen LogP contribution in [0.2, 0.25) is 0 Å². The van der Waals surface area contributed by atoms with Crippen molar-refractivity contribution in [1.29, 1.82) is 0 Å². The topological polar surface area (TPSA) is 93.6 Å². The van der Waals surface area contributed by atoms with Crippen molar-refractivity contribution in [1.82, 2.24) is 4.98 Å². The first kappa shape index (κ1) is 27.5. The fourth-order valence-electron chi connectivity index (χ4n) is 6.11. The van der Waals surface area contributed by atoms with Gasteiger partial charge in [-0.2, -0.15) is 0 Å². The van der Waals surface area contributed by atoms with Crippen molar-refractivity contribution in [2.45, 2.75) is 40.0 Å². The third kappa shape index (κ3) is 5.11. The number of rotatable bonds is 6. The van der Waals surface area contributed by atoms with Crippen LogP contribution in [0.5, 0.6) is 0 Å². The maximum atomic E-state index is 13.3. The maximum absolute atomic E-state index is 13.3. The average Bonchev–Trinajstić information content (AvgIpc) is 3.24. The van der Waals surface area contributed by atoms with E-state index in [0.717, 1.165) is 36.0 Å². The highest BCUT2D eigenvalue weighted by Gasteiger charge is 2.49. The second-order valence-corrected chi connectivity index (χ2v) is 11.6. The molecule has 0 bridgehead atoms. The predicted octanol–water partition coefficient (Wildman–Crippen LogP) is 6.48. The largest absolute Gasteiger partial charge is 0.454 e. The monoisotopic (exact) mass is 560 g/mol. The van der Waals surface area contributed by atoms with Crippen LogP contribution in [0.15, 0.2) is 72.8 Å². The number of carbonyl (C=O) groups is 4. The Morgan fingerprint density at radius 3 is 2.29 bits per heavy atom. The highest BCUT2D eigenvalue weighted by Crippen LogP contribution is 2.42. The summed E-state index contributed by atoms with van der Waals surface area (Å²) in [6.45, 7) is 5.63. The van der Waals surface area contributed by atoms with Crippen LogP contribution in [0, 0.1) is 31.6 Å². The van der Waals surface area contributed by atoms with Crippen molar-refractivity contribution in [3.63, 3.8) is 0 Å². The summed E-state index contributed by atoms with van der Waals surface area (Å²) in [4.78, 5) is 58.4. The van der Waals surface area contributed by atoms with Crippen LogP contribution in [0.25, 0.3) is 22.2 Å². The number of aromatic nitrogens is 1. The molecule has 0 N–H and O–H groups in total. The molecule has 0 radical (unpaired) electrons. The molecular formula is C35H32N2O5. The number of carbonyl (C=O) groups excluding carboxylic acids is 4. The smallest absolute Gasteiger partial charge is 0.339 e. The lowest BCUT2D eigenvalue weighted by Gasteiger charge is -2.25. The van der Waals surface area contributed by atoms with E-state index in [4.69, 9.17) is 9.72 Å². The van der Waals surface area contributed by atoms with E-state index in [1.165, 1.54) is 4.90 Å². The molecule has 0 spiro atoms. The van der Waals surface area contributed by atoms with E-state index in [0.29, 0.717) is 39.3 Å². The van der Waals surface area contributed by atoms with Gasteiger partial charge in [-0.25, -0.2) is 9.78 Å². The standard InChI is InChI=1S/C35H32N2O5/c1-20-4-8-24(9-5-20)32(38)19-42-35(41)29-18-31(36-30-15-7-22(3)16-27(29)30)23-10-12-25(13-11-23)37-33(39)26-14-6-21(2)17-28(26)34(37)40/h4-5,7-13,15-16,18,21,26,28H,6,14,17,19H2,1-3H3/t21-,26+,28+/m1/s1. The second-order valence-electron chi connectivity index (χ2n) is 11.6. The van der Waals surface area contributed by atoms with Crippen molar-refractivity contribution in [2.75, 3.05) is 11.5 Å². The number of anilines is 1. The molecule has 7 heteroatoms. The number of aryl methyl sites for hydroxylation is 2. The summed E-state index contributed by atoms with van der Waals surface area (Å²) < 4.78 is 5.48. The van der Waals surface area contributed by atoms with E-state index in [1.807, 2.05) is 44.2 Å². The number of pyridine rings is 1. The first-order valence-electron chi connectivity index (χ1n) is 14.4. The lowest BCUT2D eigenvalue weighted by Crippen LogP contribution is -2.30. The lowest BCUT2D eigenvalue weighted by molar-refractivity contribution is -0.122. The summed E-state index contributed by atoms with van der Waals surface area (Å²) in [6, 6.07) is 21.5. The molecule has 6 rings (SSSR count). The molecule has 1 saturated carbocycles. The Hall–Kier alpha value is -4.65. The zero-order valence-corrected chi connectivity index (χ0v) is 23.9. The molecule has 2 aliphatic rings. The normalized spacial score (nSPS) is 20.1. The Bertz CT molecular complexity index is 1730. The Balaban J connectivity index is 1.27. The Kier molecular flexibility index (Phi) is 7.19. The van der Waals surface area contributed by atoms with Gasteiger partial charge >= 0.3 is 5.97 Å². The first-order valence-corrected chi connectivity index (χ1v) is 14.4. The number of esters is 1. The van der Waals surface area contributed by atoms with Gasteiger partial charge in [0.1, 0.15) is 0 Å². The lowest BCUT2D eigenvalue weighted by atomic mass is 9.76. The Morgan fingerprint density at radius 2 is 1.55 bits per heavy atom. The first-order chi connectivity index (χ1) is 20.2. The molecule has 3 atom stereocenters. The van der Waals surface area contributed by atoms with E-state index in [2.05, 4.69) is 6.92 Å². The van der Waals surface area contributed by atoms with Gasteiger partial charge in [-0.05, 0) is 69.4 Å². The number of Topliss-reactive ketones (excluding diaryl/α,β-unsaturated/α-hetero) is 1. The summed E-state index contributed by atoms with van der Waals surface area (Å²) in [5, 5.41) is 0.633. The number of fused-ring (bicyclic) bond motifs is 2. The van der Waals surface area contributed by atoms with Crippen LogP contribution in [0.4, 0.5) is 5.69 Å². The van der Waals surface area contributed by atoms with E-state index >= 15 is 0 Å². The van der Waals surface area contributed by atoms with Gasteiger partial charge in [-0.15, -0.1) is 0 Å². The highest BCUT2D eigenvalue weighted by molar-refractivity contribution is 6.22. The van der Waals surface area contributed by atoms with Gasteiger partial charge in [-0.3, -0.25) is 19.3 Å². The van der Waals surface area contributed by atoms with E-state index in [1.54, 1.807) is 42.5 Å². The van der Waals surface area contributed by atoms with Gasteiger partial charge in [0, 0.05) is 16.5 Å². The van der Waals surface area contributed by atoms with E-state index < -0.39 is 5.97 Å². The molecule has 1 aliphatic heterocycles. The molecule has 0 unspecified atom stereocenters.